The minimum atomic E-state index is -1.64. The Kier molecular flexibility index (Phi) is 13.4. The molecule has 0 saturated heterocycles. The van der Waals surface area contributed by atoms with Crippen molar-refractivity contribution in [3.05, 3.63) is 76.2 Å². The summed E-state index contributed by atoms with van der Waals surface area (Å²) in [4.78, 5) is 50.8. The number of halogens is 1. The molecular weight excluding hydrogens is 651 g/mol. The van der Waals surface area contributed by atoms with Gasteiger partial charge < -0.3 is 28.4 Å². The monoisotopic (exact) mass is 676 g/mol. The second-order valence-electron chi connectivity index (χ2n) is 8.20. The Morgan fingerprint density at radius 2 is 1.34 bits per heavy atom. The Morgan fingerprint density at radius 3 is 1.77 bits per heavy atom. The zero-order valence-electron chi connectivity index (χ0n) is 23.6. The summed E-state index contributed by atoms with van der Waals surface area (Å²) in [5.41, 5.74) is 2.29. The third-order valence-corrected chi connectivity index (χ3v) is 6.10. The Morgan fingerprint density at radius 1 is 0.841 bits per heavy atom. The number of carbonyl (C=O) groups is 4. The summed E-state index contributed by atoms with van der Waals surface area (Å²) in [6, 6.07) is 8.89. The maximum atomic E-state index is 11.3. The number of methoxy groups -OCH3 is 2. The highest BCUT2D eigenvalue weighted by atomic mass is 79.9. The molecule has 0 aliphatic heterocycles. The van der Waals surface area contributed by atoms with E-state index in [4.69, 9.17) is 14.5 Å². The van der Waals surface area contributed by atoms with Crippen molar-refractivity contribution >= 4 is 64.8 Å². The molecule has 4 rings (SSSR count). The van der Waals surface area contributed by atoms with Crippen molar-refractivity contribution in [1.82, 2.24) is 9.97 Å². The zero-order chi connectivity index (χ0) is 33.0. The second kappa shape index (κ2) is 16.7. The minimum Gasteiger partial charge on any atom is -0.462 e. The van der Waals surface area contributed by atoms with Gasteiger partial charge in [0.05, 0.1) is 43.7 Å². The van der Waals surface area contributed by atoms with Gasteiger partial charge in [0.15, 0.2) is 24.1 Å². The summed E-state index contributed by atoms with van der Waals surface area (Å²) in [6.45, 7) is 3.54. The van der Waals surface area contributed by atoms with Crippen molar-refractivity contribution in [1.29, 1.82) is 0 Å². The quantitative estimate of drug-likeness (QED) is 0.0994. The number of amides is 2. The number of pyridine rings is 2. The van der Waals surface area contributed by atoms with Gasteiger partial charge in [-0.3, -0.25) is 30.0 Å². The molecule has 16 nitrogen and oxygen atoms in total. The Balaban J connectivity index is 0.000000245. The zero-order valence-corrected chi connectivity index (χ0v) is 25.2. The standard InChI is InChI=1S/C13H12N2O5.C8H9BrN2O3.C5H5BO4/c1-8-11(12-4-3-10(7-16)20-12)5-9(6-14-8)15(18)13(17)19-2;1-5-7(9)3-6(4-10-5)11(13)8(12)14-2;7-3-4-1-2-5(10-4)6(8)9/h3-7,18H,1-2H3;3-4,13H,1-2H3;1-3,8-9H. The lowest BCUT2D eigenvalue weighted by Gasteiger charge is -2.14. The van der Waals surface area contributed by atoms with Crippen molar-refractivity contribution in [3.63, 3.8) is 0 Å². The lowest BCUT2D eigenvalue weighted by molar-refractivity contribution is 0.109. The van der Waals surface area contributed by atoms with E-state index >= 15 is 0 Å². The van der Waals surface area contributed by atoms with Gasteiger partial charge in [0.1, 0.15) is 11.4 Å². The van der Waals surface area contributed by atoms with Crippen LogP contribution >= 0.6 is 15.9 Å². The first kappa shape index (κ1) is 35.3. The van der Waals surface area contributed by atoms with Crippen LogP contribution in [0.25, 0.3) is 11.3 Å². The van der Waals surface area contributed by atoms with Crippen molar-refractivity contribution in [3.8, 4) is 11.3 Å². The highest BCUT2D eigenvalue weighted by Crippen LogP contribution is 2.28. The SMILES string of the molecule is COC(=O)N(O)c1cnc(C)c(-c2ccc(C=O)o2)c1.COC(=O)N(O)c1cnc(C)c(Br)c1.O=Cc1ccc(B(O)O)o1. The number of furan rings is 2. The van der Waals surface area contributed by atoms with Gasteiger partial charge in [0.25, 0.3) is 0 Å². The van der Waals surface area contributed by atoms with Gasteiger partial charge in [-0.05, 0) is 66.2 Å². The van der Waals surface area contributed by atoms with Gasteiger partial charge >= 0.3 is 19.3 Å². The lowest BCUT2D eigenvalue weighted by atomic mass is 9.88. The normalized spacial score (nSPS) is 9.84. The van der Waals surface area contributed by atoms with Gasteiger partial charge in [0, 0.05) is 15.7 Å². The largest absolute Gasteiger partial charge is 0.526 e. The van der Waals surface area contributed by atoms with E-state index in [2.05, 4.69) is 39.8 Å². The van der Waals surface area contributed by atoms with Crippen LogP contribution in [-0.2, 0) is 9.47 Å². The number of aldehydes is 2. The summed E-state index contributed by atoms with van der Waals surface area (Å²) < 4.78 is 19.4. The number of carbonyl (C=O) groups excluding carboxylic acids is 4. The molecule has 4 aromatic rings. The van der Waals surface area contributed by atoms with Crippen LogP contribution in [-0.4, -0.2) is 76.5 Å². The number of hydrogen-bond donors (Lipinski definition) is 4. The predicted molar refractivity (Wildman–Crippen MR) is 156 cm³/mol. The molecule has 0 unspecified atom stereocenters. The van der Waals surface area contributed by atoms with Crippen molar-refractivity contribution < 1.29 is 57.9 Å². The maximum absolute atomic E-state index is 11.3. The molecule has 0 atom stereocenters. The molecule has 4 heterocycles. The molecule has 2 amide bonds. The number of anilines is 2. The molecule has 4 N–H and O–H groups in total. The molecule has 0 spiro atoms. The van der Waals surface area contributed by atoms with Gasteiger partial charge in [0.2, 0.25) is 0 Å². The first-order valence-corrected chi connectivity index (χ1v) is 12.8. The minimum absolute atomic E-state index is 0.0258. The number of aryl methyl sites for hydroxylation is 2. The average molecular weight is 677 g/mol. The van der Waals surface area contributed by atoms with E-state index in [0.29, 0.717) is 44.2 Å². The molecule has 0 saturated carbocycles. The summed E-state index contributed by atoms with van der Waals surface area (Å²) in [5, 5.41) is 36.6. The van der Waals surface area contributed by atoms with E-state index < -0.39 is 19.3 Å². The highest BCUT2D eigenvalue weighted by molar-refractivity contribution is 9.10. The molecule has 0 aromatic carbocycles. The Bertz CT molecular complexity index is 1590. The average Bonchev–Trinajstić information content (AvgIpc) is 3.72. The number of aromatic nitrogens is 2. The maximum Gasteiger partial charge on any atom is 0.526 e. The molecule has 0 aliphatic carbocycles. The smallest absolute Gasteiger partial charge is 0.462 e. The van der Waals surface area contributed by atoms with Crippen LogP contribution in [0.2, 0.25) is 0 Å². The number of nitrogens with zero attached hydrogens (tertiary/aromatic N) is 4. The summed E-state index contributed by atoms with van der Waals surface area (Å²) in [7, 11) is 0.688. The third-order valence-electron chi connectivity index (χ3n) is 5.29. The van der Waals surface area contributed by atoms with Crippen molar-refractivity contribution in [2.45, 2.75) is 13.8 Å². The second-order valence-corrected chi connectivity index (χ2v) is 9.06. The molecule has 0 aliphatic rings. The molecule has 44 heavy (non-hydrogen) atoms. The van der Waals surface area contributed by atoms with Gasteiger partial charge in [-0.1, -0.05) is 0 Å². The fourth-order valence-electron chi connectivity index (χ4n) is 3.01. The Labute approximate surface area is 258 Å². The molecule has 18 heteroatoms. The topological polar surface area (TPSA) is 226 Å². The first-order chi connectivity index (χ1) is 20.9. The molecular formula is C26H26BBrN4O12. The van der Waals surface area contributed by atoms with E-state index in [0.717, 1.165) is 12.8 Å². The van der Waals surface area contributed by atoms with Crippen LogP contribution in [0, 0.1) is 13.8 Å². The van der Waals surface area contributed by atoms with Gasteiger partial charge in [-0.2, -0.15) is 10.1 Å². The highest BCUT2D eigenvalue weighted by Gasteiger charge is 2.18. The molecule has 0 fully saturated rings. The molecule has 232 valence electrons. The lowest BCUT2D eigenvalue weighted by Crippen LogP contribution is -2.27. The summed E-state index contributed by atoms with van der Waals surface area (Å²) >= 11 is 3.23. The fraction of sp³-hybridized carbons (Fsp3) is 0.154. The van der Waals surface area contributed by atoms with Gasteiger partial charge in [-0.25, -0.2) is 9.59 Å². The molecule has 0 bridgehead atoms. The fourth-order valence-corrected chi connectivity index (χ4v) is 3.35. The van der Waals surface area contributed by atoms with E-state index in [1.165, 1.54) is 43.8 Å². The van der Waals surface area contributed by atoms with Crippen molar-refractivity contribution in [2.24, 2.45) is 0 Å². The third kappa shape index (κ3) is 9.58. The molecule has 4 aromatic heterocycles. The van der Waals surface area contributed by atoms with Crippen LogP contribution in [0.1, 0.15) is 32.5 Å². The van der Waals surface area contributed by atoms with Crippen LogP contribution in [0.3, 0.4) is 0 Å². The first-order valence-electron chi connectivity index (χ1n) is 12.1. The van der Waals surface area contributed by atoms with E-state index in [1.807, 2.05) is 0 Å². The Hall–Kier alpha value is -4.88. The number of hydroxylamine groups is 2. The van der Waals surface area contributed by atoms with Gasteiger partial charge in [-0.15, -0.1) is 0 Å². The number of rotatable bonds is 6. The van der Waals surface area contributed by atoms with E-state index in [-0.39, 0.29) is 28.6 Å². The van der Waals surface area contributed by atoms with Crippen LogP contribution < -0.4 is 15.8 Å². The van der Waals surface area contributed by atoms with Crippen LogP contribution in [0.4, 0.5) is 21.0 Å². The van der Waals surface area contributed by atoms with Crippen LogP contribution in [0.5, 0.6) is 0 Å². The summed E-state index contributed by atoms with van der Waals surface area (Å²) in [5.74, 6) is 0.680. The van der Waals surface area contributed by atoms with Crippen molar-refractivity contribution in [2.75, 3.05) is 24.3 Å². The number of ether oxygens (including phenoxy) is 2. The predicted octanol–water partition coefficient (Wildman–Crippen LogP) is 3.31. The van der Waals surface area contributed by atoms with E-state index in [9.17, 15) is 29.6 Å². The molecule has 0 radical (unpaired) electrons. The van der Waals surface area contributed by atoms with E-state index in [1.54, 1.807) is 26.0 Å². The van der Waals surface area contributed by atoms with Crippen LogP contribution in [0.15, 0.2) is 62.1 Å². The summed E-state index contributed by atoms with van der Waals surface area (Å²) in [6.07, 6.45) is 1.97. The number of hydrogen-bond acceptors (Lipinski definition) is 14.